The van der Waals surface area contributed by atoms with Gasteiger partial charge in [0.1, 0.15) is 5.82 Å². The Hall–Kier alpha value is -2.88. The van der Waals surface area contributed by atoms with Crippen LogP contribution in [0.4, 0.5) is 0 Å². The first kappa shape index (κ1) is 18.9. The number of amides is 1. The standard InChI is InChI=1S/C23H27N3O/c1-5-15-26-20-14-10-9-13-18(20)24-21(26)19(25-22(27)23(2,3)4)16-17-11-7-6-8-12-17/h5-14,19H,1,15-16H2,2-4H3,(H,25,27)/t19-/m1/s1. The highest BCUT2D eigenvalue weighted by molar-refractivity contribution is 5.82. The molecule has 0 saturated heterocycles. The van der Waals surface area contributed by atoms with Crippen LogP contribution in [-0.2, 0) is 17.8 Å². The maximum Gasteiger partial charge on any atom is 0.225 e. The molecule has 0 bridgehead atoms. The molecule has 3 rings (SSSR count). The number of nitrogens with one attached hydrogen (secondary N) is 1. The summed E-state index contributed by atoms with van der Waals surface area (Å²) in [6.45, 7) is 10.3. The van der Waals surface area contributed by atoms with Gasteiger partial charge in [-0.05, 0) is 24.1 Å². The molecule has 3 aromatic rings. The molecule has 0 unspecified atom stereocenters. The van der Waals surface area contributed by atoms with Gasteiger partial charge in [-0.1, -0.05) is 69.3 Å². The van der Waals surface area contributed by atoms with Gasteiger partial charge in [0.25, 0.3) is 0 Å². The van der Waals surface area contributed by atoms with Crippen molar-refractivity contribution in [2.24, 2.45) is 5.41 Å². The van der Waals surface area contributed by atoms with Crippen molar-refractivity contribution in [3.63, 3.8) is 0 Å². The smallest absolute Gasteiger partial charge is 0.225 e. The van der Waals surface area contributed by atoms with Crippen LogP contribution in [0.1, 0.15) is 38.2 Å². The minimum absolute atomic E-state index is 0.0145. The Morgan fingerprint density at radius 3 is 2.48 bits per heavy atom. The molecule has 4 nitrogen and oxygen atoms in total. The molecule has 1 N–H and O–H groups in total. The van der Waals surface area contributed by atoms with Crippen molar-refractivity contribution in [1.29, 1.82) is 0 Å². The van der Waals surface area contributed by atoms with Crippen molar-refractivity contribution >= 4 is 16.9 Å². The van der Waals surface area contributed by atoms with E-state index in [2.05, 4.69) is 34.7 Å². The first-order valence-corrected chi connectivity index (χ1v) is 9.31. The summed E-state index contributed by atoms with van der Waals surface area (Å²) in [4.78, 5) is 17.6. The fourth-order valence-corrected chi connectivity index (χ4v) is 3.11. The summed E-state index contributed by atoms with van der Waals surface area (Å²) >= 11 is 0. The Morgan fingerprint density at radius 2 is 1.81 bits per heavy atom. The van der Waals surface area contributed by atoms with Crippen LogP contribution in [0, 0.1) is 5.41 Å². The quantitative estimate of drug-likeness (QED) is 0.649. The molecule has 27 heavy (non-hydrogen) atoms. The van der Waals surface area contributed by atoms with E-state index in [1.807, 2.05) is 63.2 Å². The highest BCUT2D eigenvalue weighted by atomic mass is 16.2. The summed E-state index contributed by atoms with van der Waals surface area (Å²) in [5.74, 6) is 0.873. The SMILES string of the molecule is C=CCn1c([C@@H](Cc2ccccc2)NC(=O)C(C)(C)C)nc2ccccc21. The van der Waals surface area contributed by atoms with E-state index in [0.717, 1.165) is 22.4 Å². The second-order valence-corrected chi connectivity index (χ2v) is 7.82. The van der Waals surface area contributed by atoms with E-state index in [-0.39, 0.29) is 11.9 Å². The normalized spacial score (nSPS) is 12.7. The molecule has 4 heteroatoms. The molecule has 0 aliphatic rings. The molecule has 1 aromatic heterocycles. The number of hydrogen-bond acceptors (Lipinski definition) is 2. The fraction of sp³-hybridized carbons (Fsp3) is 0.304. The van der Waals surface area contributed by atoms with Gasteiger partial charge in [0.15, 0.2) is 0 Å². The Kier molecular flexibility index (Phi) is 5.45. The van der Waals surface area contributed by atoms with Crippen LogP contribution < -0.4 is 5.32 Å². The van der Waals surface area contributed by atoms with E-state index in [1.54, 1.807) is 0 Å². The average Bonchev–Trinajstić information content (AvgIpc) is 3.00. The Labute approximate surface area is 160 Å². The Morgan fingerprint density at radius 1 is 1.15 bits per heavy atom. The molecule has 2 aromatic carbocycles. The third kappa shape index (κ3) is 4.27. The molecule has 0 spiro atoms. The minimum Gasteiger partial charge on any atom is -0.345 e. The number of imidazole rings is 1. The highest BCUT2D eigenvalue weighted by Crippen LogP contribution is 2.25. The maximum absolute atomic E-state index is 12.8. The fourth-order valence-electron chi connectivity index (χ4n) is 3.11. The molecule has 0 radical (unpaired) electrons. The second kappa shape index (κ2) is 7.78. The number of hydrogen-bond donors (Lipinski definition) is 1. The largest absolute Gasteiger partial charge is 0.345 e. The van der Waals surface area contributed by atoms with E-state index in [0.29, 0.717) is 13.0 Å². The third-order valence-corrected chi connectivity index (χ3v) is 4.58. The van der Waals surface area contributed by atoms with Crippen molar-refractivity contribution in [3.8, 4) is 0 Å². The highest BCUT2D eigenvalue weighted by Gasteiger charge is 2.27. The molecule has 0 aliphatic carbocycles. The van der Waals surface area contributed by atoms with Crippen molar-refractivity contribution in [1.82, 2.24) is 14.9 Å². The predicted molar refractivity (Wildman–Crippen MR) is 110 cm³/mol. The molecule has 0 aliphatic heterocycles. The summed E-state index contributed by atoms with van der Waals surface area (Å²) in [6, 6.07) is 18.0. The first-order chi connectivity index (χ1) is 12.9. The lowest BCUT2D eigenvalue weighted by atomic mass is 9.94. The average molecular weight is 361 g/mol. The van der Waals surface area contributed by atoms with Crippen LogP contribution in [0.25, 0.3) is 11.0 Å². The lowest BCUT2D eigenvalue weighted by molar-refractivity contribution is -0.129. The lowest BCUT2D eigenvalue weighted by Gasteiger charge is -2.25. The van der Waals surface area contributed by atoms with Crippen molar-refractivity contribution in [2.75, 3.05) is 0 Å². The van der Waals surface area contributed by atoms with Gasteiger partial charge in [0, 0.05) is 12.0 Å². The van der Waals surface area contributed by atoms with E-state index in [1.165, 1.54) is 0 Å². The molecular weight excluding hydrogens is 334 g/mol. The summed E-state index contributed by atoms with van der Waals surface area (Å²) in [7, 11) is 0. The topological polar surface area (TPSA) is 46.9 Å². The van der Waals surface area contributed by atoms with Crippen LogP contribution in [0.3, 0.4) is 0 Å². The van der Waals surface area contributed by atoms with E-state index >= 15 is 0 Å². The van der Waals surface area contributed by atoms with Crippen LogP contribution in [0.5, 0.6) is 0 Å². The number of nitrogens with zero attached hydrogens (tertiary/aromatic N) is 2. The summed E-state index contributed by atoms with van der Waals surface area (Å²) < 4.78 is 2.14. The number of carbonyl (C=O) groups is 1. The van der Waals surface area contributed by atoms with Gasteiger partial charge in [-0.3, -0.25) is 4.79 Å². The van der Waals surface area contributed by atoms with E-state index < -0.39 is 5.41 Å². The monoisotopic (exact) mass is 361 g/mol. The number of para-hydroxylation sites is 2. The van der Waals surface area contributed by atoms with Gasteiger partial charge >= 0.3 is 0 Å². The van der Waals surface area contributed by atoms with Crippen molar-refractivity contribution in [3.05, 3.63) is 78.6 Å². The minimum atomic E-state index is -0.468. The third-order valence-electron chi connectivity index (χ3n) is 4.58. The molecule has 0 fully saturated rings. The van der Waals surface area contributed by atoms with E-state index in [4.69, 9.17) is 4.98 Å². The van der Waals surface area contributed by atoms with Crippen LogP contribution in [0.2, 0.25) is 0 Å². The summed E-state index contributed by atoms with van der Waals surface area (Å²) in [5, 5.41) is 3.22. The van der Waals surface area contributed by atoms with Crippen LogP contribution in [0.15, 0.2) is 67.3 Å². The number of rotatable bonds is 6. The van der Waals surface area contributed by atoms with Gasteiger partial charge < -0.3 is 9.88 Å². The summed E-state index contributed by atoms with van der Waals surface area (Å²) in [6.07, 6.45) is 2.55. The lowest BCUT2D eigenvalue weighted by Crippen LogP contribution is -2.39. The van der Waals surface area contributed by atoms with Gasteiger partial charge in [-0.15, -0.1) is 6.58 Å². The number of carbonyl (C=O) groups excluding carboxylic acids is 1. The predicted octanol–water partition coefficient (Wildman–Crippen LogP) is 4.67. The molecule has 1 atom stereocenters. The molecule has 140 valence electrons. The summed E-state index contributed by atoms with van der Waals surface area (Å²) in [5.41, 5.74) is 2.67. The van der Waals surface area contributed by atoms with Gasteiger partial charge in [0.2, 0.25) is 5.91 Å². The Bertz CT molecular complexity index is 935. The van der Waals surface area contributed by atoms with Gasteiger partial charge in [-0.2, -0.15) is 0 Å². The molecule has 0 saturated carbocycles. The van der Waals surface area contributed by atoms with Crippen LogP contribution in [-0.4, -0.2) is 15.5 Å². The van der Waals surface area contributed by atoms with Crippen molar-refractivity contribution in [2.45, 2.75) is 39.8 Å². The van der Waals surface area contributed by atoms with Gasteiger partial charge in [-0.25, -0.2) is 4.98 Å². The molecule has 1 amide bonds. The second-order valence-electron chi connectivity index (χ2n) is 7.82. The molecular formula is C23H27N3O. The maximum atomic E-state index is 12.8. The zero-order valence-corrected chi connectivity index (χ0v) is 16.3. The van der Waals surface area contributed by atoms with Crippen molar-refractivity contribution < 1.29 is 4.79 Å². The zero-order valence-electron chi connectivity index (χ0n) is 16.3. The van der Waals surface area contributed by atoms with E-state index in [9.17, 15) is 4.79 Å². The number of aromatic nitrogens is 2. The van der Waals surface area contributed by atoms with Crippen LogP contribution >= 0.6 is 0 Å². The number of allylic oxidation sites excluding steroid dienone is 1. The first-order valence-electron chi connectivity index (χ1n) is 9.31. The number of benzene rings is 2. The molecule has 1 heterocycles. The Balaban J connectivity index is 2.06. The van der Waals surface area contributed by atoms with Gasteiger partial charge in [0.05, 0.1) is 17.1 Å². The number of fused-ring (bicyclic) bond motifs is 1. The zero-order chi connectivity index (χ0) is 19.4.